The van der Waals surface area contributed by atoms with E-state index in [9.17, 15) is 4.79 Å². The quantitative estimate of drug-likeness (QED) is 0.886. The highest BCUT2D eigenvalue weighted by atomic mass is 32.1. The van der Waals surface area contributed by atoms with Crippen LogP contribution in [0, 0.1) is 5.92 Å². The molecule has 1 saturated carbocycles. The van der Waals surface area contributed by atoms with Gasteiger partial charge < -0.3 is 9.80 Å². The Bertz CT molecular complexity index is 705. The average molecular weight is 373 g/mol. The van der Waals surface area contributed by atoms with Gasteiger partial charge in [0.1, 0.15) is 0 Å². The first-order valence-electron chi connectivity index (χ1n) is 9.90. The molecule has 0 spiro atoms. The fraction of sp³-hybridized carbons (Fsp3) is 0.600. The molecule has 5 nitrogen and oxygen atoms in total. The summed E-state index contributed by atoms with van der Waals surface area (Å²) < 4.78 is 0. The van der Waals surface area contributed by atoms with E-state index in [0.29, 0.717) is 5.69 Å². The number of nitrogens with zero attached hydrogens (tertiary/aromatic N) is 3. The van der Waals surface area contributed by atoms with Crippen molar-refractivity contribution in [2.24, 2.45) is 5.92 Å². The SMILES string of the molecule is O=C(c1cc(-c2cccs2)[nH]n1)N1CCCN(CC2CCCCC2)CC1. The number of aromatic amines is 1. The first-order valence-corrected chi connectivity index (χ1v) is 10.8. The standard InChI is InChI=1S/C20H28N4OS/c25-20(18-14-17(21-22-18)19-8-4-13-26-19)24-10-5-9-23(11-12-24)15-16-6-2-1-3-7-16/h4,8,13-14,16H,1-3,5-7,9-12,15H2,(H,21,22). The van der Waals surface area contributed by atoms with Crippen LogP contribution in [0.25, 0.3) is 10.6 Å². The summed E-state index contributed by atoms with van der Waals surface area (Å²) in [5.41, 5.74) is 1.46. The Labute approximate surface area is 159 Å². The highest BCUT2D eigenvalue weighted by Gasteiger charge is 2.24. The minimum atomic E-state index is 0.0589. The van der Waals surface area contributed by atoms with Crippen LogP contribution in [0.3, 0.4) is 0 Å². The molecule has 140 valence electrons. The summed E-state index contributed by atoms with van der Waals surface area (Å²) in [6.07, 6.45) is 8.04. The molecule has 1 saturated heterocycles. The van der Waals surface area contributed by atoms with Crippen LogP contribution in [0.4, 0.5) is 0 Å². The number of aromatic nitrogens is 2. The zero-order valence-corrected chi connectivity index (χ0v) is 16.1. The third kappa shape index (κ3) is 4.18. The summed E-state index contributed by atoms with van der Waals surface area (Å²) in [5, 5.41) is 9.31. The van der Waals surface area contributed by atoms with Crippen LogP contribution in [0.15, 0.2) is 23.6 Å². The highest BCUT2D eigenvalue weighted by molar-refractivity contribution is 7.13. The Balaban J connectivity index is 1.34. The molecule has 1 aliphatic carbocycles. The molecule has 0 atom stereocenters. The number of hydrogen-bond donors (Lipinski definition) is 1. The molecule has 6 heteroatoms. The van der Waals surface area contributed by atoms with Crippen LogP contribution in [0.1, 0.15) is 49.0 Å². The third-order valence-electron chi connectivity index (χ3n) is 5.70. The van der Waals surface area contributed by atoms with Gasteiger partial charge in [-0.15, -0.1) is 11.3 Å². The molecule has 3 heterocycles. The first kappa shape index (κ1) is 17.7. The predicted octanol–water partition coefficient (Wildman–Crippen LogP) is 3.87. The second kappa shape index (κ2) is 8.35. The van der Waals surface area contributed by atoms with Crippen LogP contribution < -0.4 is 0 Å². The molecule has 26 heavy (non-hydrogen) atoms. The maximum absolute atomic E-state index is 12.9. The number of nitrogens with one attached hydrogen (secondary N) is 1. The van der Waals surface area contributed by atoms with Gasteiger partial charge in [-0.1, -0.05) is 25.3 Å². The van der Waals surface area contributed by atoms with Crippen molar-refractivity contribution in [3.63, 3.8) is 0 Å². The van der Waals surface area contributed by atoms with Gasteiger partial charge in [0.15, 0.2) is 5.69 Å². The fourth-order valence-corrected chi connectivity index (χ4v) is 4.94. The molecule has 0 bridgehead atoms. The lowest BCUT2D eigenvalue weighted by Gasteiger charge is -2.28. The summed E-state index contributed by atoms with van der Waals surface area (Å²) in [6, 6.07) is 5.94. The maximum atomic E-state index is 12.9. The highest BCUT2D eigenvalue weighted by Crippen LogP contribution is 2.25. The van der Waals surface area contributed by atoms with Crippen molar-refractivity contribution < 1.29 is 4.79 Å². The minimum absolute atomic E-state index is 0.0589. The first-order chi connectivity index (χ1) is 12.8. The van der Waals surface area contributed by atoms with E-state index >= 15 is 0 Å². The van der Waals surface area contributed by atoms with E-state index in [1.54, 1.807) is 11.3 Å². The van der Waals surface area contributed by atoms with E-state index in [4.69, 9.17) is 0 Å². The summed E-state index contributed by atoms with van der Waals surface area (Å²) in [6.45, 7) is 4.96. The predicted molar refractivity (Wildman–Crippen MR) is 105 cm³/mol. The van der Waals surface area contributed by atoms with E-state index in [-0.39, 0.29) is 5.91 Å². The summed E-state index contributed by atoms with van der Waals surface area (Å²) >= 11 is 1.65. The molecular formula is C20H28N4OS. The van der Waals surface area contributed by atoms with E-state index in [2.05, 4.69) is 15.1 Å². The van der Waals surface area contributed by atoms with E-state index in [1.165, 1.54) is 38.6 Å². The summed E-state index contributed by atoms with van der Waals surface area (Å²) in [7, 11) is 0. The van der Waals surface area contributed by atoms with Gasteiger partial charge in [-0.2, -0.15) is 5.10 Å². The number of carbonyl (C=O) groups excluding carboxylic acids is 1. The van der Waals surface area contributed by atoms with Crippen LogP contribution in [-0.4, -0.2) is 58.6 Å². The molecule has 0 radical (unpaired) electrons. The molecule has 0 unspecified atom stereocenters. The molecule has 2 aromatic rings. The Morgan fingerprint density at radius 2 is 2.04 bits per heavy atom. The minimum Gasteiger partial charge on any atom is -0.336 e. The second-order valence-electron chi connectivity index (χ2n) is 7.59. The number of amides is 1. The maximum Gasteiger partial charge on any atom is 0.274 e. The number of hydrogen-bond acceptors (Lipinski definition) is 4. The van der Waals surface area contributed by atoms with Gasteiger partial charge in [0.25, 0.3) is 5.91 Å². The van der Waals surface area contributed by atoms with Crippen molar-refractivity contribution in [3.8, 4) is 10.6 Å². The number of rotatable bonds is 4. The largest absolute Gasteiger partial charge is 0.336 e. The zero-order valence-electron chi connectivity index (χ0n) is 15.3. The zero-order chi connectivity index (χ0) is 17.8. The third-order valence-corrected chi connectivity index (χ3v) is 6.60. The van der Waals surface area contributed by atoms with Gasteiger partial charge in [0.05, 0.1) is 10.6 Å². The molecule has 2 aromatic heterocycles. The second-order valence-corrected chi connectivity index (χ2v) is 8.54. The van der Waals surface area contributed by atoms with E-state index in [0.717, 1.165) is 49.1 Å². The Morgan fingerprint density at radius 3 is 2.85 bits per heavy atom. The molecule has 1 aliphatic heterocycles. The van der Waals surface area contributed by atoms with Crippen molar-refractivity contribution in [3.05, 3.63) is 29.3 Å². The Morgan fingerprint density at radius 1 is 1.15 bits per heavy atom. The average Bonchev–Trinajstić information content (AvgIpc) is 3.31. The summed E-state index contributed by atoms with van der Waals surface area (Å²) in [5.74, 6) is 0.925. The van der Waals surface area contributed by atoms with E-state index in [1.807, 2.05) is 28.5 Å². The molecule has 2 fully saturated rings. The van der Waals surface area contributed by atoms with Crippen LogP contribution in [-0.2, 0) is 0 Å². The molecule has 1 N–H and O–H groups in total. The van der Waals surface area contributed by atoms with Crippen molar-refractivity contribution >= 4 is 17.2 Å². The fourth-order valence-electron chi connectivity index (χ4n) is 4.24. The van der Waals surface area contributed by atoms with E-state index < -0.39 is 0 Å². The molecule has 2 aliphatic rings. The monoisotopic (exact) mass is 372 g/mol. The van der Waals surface area contributed by atoms with Gasteiger partial charge >= 0.3 is 0 Å². The number of carbonyl (C=O) groups is 1. The Kier molecular flexibility index (Phi) is 5.70. The van der Waals surface area contributed by atoms with Gasteiger partial charge in [-0.05, 0) is 49.2 Å². The van der Waals surface area contributed by atoms with Crippen molar-refractivity contribution in [2.45, 2.75) is 38.5 Å². The van der Waals surface area contributed by atoms with Crippen molar-refractivity contribution in [1.29, 1.82) is 0 Å². The van der Waals surface area contributed by atoms with Gasteiger partial charge in [-0.25, -0.2) is 0 Å². The van der Waals surface area contributed by atoms with Gasteiger partial charge in [0.2, 0.25) is 0 Å². The van der Waals surface area contributed by atoms with Crippen molar-refractivity contribution in [1.82, 2.24) is 20.0 Å². The van der Waals surface area contributed by atoms with Gasteiger partial charge in [-0.3, -0.25) is 9.89 Å². The lowest BCUT2D eigenvalue weighted by molar-refractivity contribution is 0.0754. The van der Waals surface area contributed by atoms with Crippen molar-refractivity contribution in [2.75, 3.05) is 32.7 Å². The van der Waals surface area contributed by atoms with Crippen LogP contribution >= 0.6 is 11.3 Å². The molecular weight excluding hydrogens is 344 g/mol. The summed E-state index contributed by atoms with van der Waals surface area (Å²) in [4.78, 5) is 18.5. The lowest BCUT2D eigenvalue weighted by Crippen LogP contribution is -2.37. The normalized spacial score (nSPS) is 20.2. The van der Waals surface area contributed by atoms with Crippen LogP contribution in [0.2, 0.25) is 0 Å². The smallest absolute Gasteiger partial charge is 0.274 e. The lowest BCUT2D eigenvalue weighted by atomic mass is 9.89. The topological polar surface area (TPSA) is 52.2 Å². The Hall–Kier alpha value is -1.66. The number of H-pyrrole nitrogens is 1. The number of thiophene rings is 1. The molecule has 4 rings (SSSR count). The molecule has 1 amide bonds. The van der Waals surface area contributed by atoms with Crippen LogP contribution in [0.5, 0.6) is 0 Å². The molecule has 0 aromatic carbocycles. The van der Waals surface area contributed by atoms with Gasteiger partial charge in [0, 0.05) is 26.2 Å².